The number of fused-ring (bicyclic) bond motifs is 1. The Bertz CT molecular complexity index is 915. The van der Waals surface area contributed by atoms with Crippen LogP contribution < -0.4 is 24.8 Å². The van der Waals surface area contributed by atoms with E-state index in [-0.39, 0.29) is 18.4 Å². The molecule has 0 spiro atoms. The average Bonchev–Trinajstić information content (AvgIpc) is 3.32. The lowest BCUT2D eigenvalue weighted by Gasteiger charge is -2.15. The quantitative estimate of drug-likeness (QED) is 0.583. The number of anilines is 2. The second-order valence-electron chi connectivity index (χ2n) is 6.60. The highest BCUT2D eigenvalue weighted by Gasteiger charge is 2.28. The average molecular weight is 435 g/mol. The van der Waals surface area contributed by atoms with Crippen LogP contribution in [-0.4, -0.2) is 46.4 Å². The van der Waals surface area contributed by atoms with Crippen molar-refractivity contribution in [2.45, 2.75) is 26.2 Å². The van der Waals surface area contributed by atoms with Gasteiger partial charge in [0.2, 0.25) is 11.7 Å². The molecule has 30 heavy (non-hydrogen) atoms. The molecule has 162 valence electrons. The van der Waals surface area contributed by atoms with Gasteiger partial charge in [0.15, 0.2) is 11.5 Å². The van der Waals surface area contributed by atoms with Crippen LogP contribution in [0.5, 0.6) is 17.2 Å². The first-order chi connectivity index (χ1) is 14.5. The van der Waals surface area contributed by atoms with Gasteiger partial charge in [-0.05, 0) is 31.7 Å². The van der Waals surface area contributed by atoms with Gasteiger partial charge in [-0.15, -0.1) is 11.3 Å². The minimum atomic E-state index is -0.384. The summed E-state index contributed by atoms with van der Waals surface area (Å²) in [5, 5.41) is 6.46. The molecule has 1 aliphatic carbocycles. The van der Waals surface area contributed by atoms with Crippen LogP contribution in [0, 0.1) is 0 Å². The SMILES string of the molecule is CCOC(=O)c1c(NC(=O)CNc2cc(OC)c(OC)c(OC)c2)sc2c1CCC2. The summed E-state index contributed by atoms with van der Waals surface area (Å²) in [6.45, 7) is 2.06. The molecule has 0 atom stereocenters. The molecule has 0 saturated carbocycles. The maximum Gasteiger partial charge on any atom is 0.341 e. The molecule has 3 rings (SSSR count). The van der Waals surface area contributed by atoms with Crippen LogP contribution in [0.25, 0.3) is 0 Å². The van der Waals surface area contributed by atoms with Crippen LogP contribution in [0.3, 0.4) is 0 Å². The highest BCUT2D eigenvalue weighted by molar-refractivity contribution is 7.17. The smallest absolute Gasteiger partial charge is 0.341 e. The third-order valence-corrected chi connectivity index (χ3v) is 5.98. The number of carbonyl (C=O) groups excluding carboxylic acids is 2. The van der Waals surface area contributed by atoms with E-state index in [1.54, 1.807) is 19.1 Å². The Hall–Kier alpha value is -2.94. The number of thiophene rings is 1. The number of carbonyl (C=O) groups is 2. The highest BCUT2D eigenvalue weighted by atomic mass is 32.1. The van der Waals surface area contributed by atoms with Gasteiger partial charge in [0.05, 0.1) is 40.0 Å². The van der Waals surface area contributed by atoms with Crippen LogP contribution in [0.2, 0.25) is 0 Å². The normalized spacial score (nSPS) is 12.1. The second-order valence-corrected chi connectivity index (χ2v) is 7.70. The van der Waals surface area contributed by atoms with Crippen LogP contribution in [0.1, 0.15) is 34.1 Å². The molecular formula is C21H26N2O6S. The third-order valence-electron chi connectivity index (χ3n) is 4.77. The zero-order valence-electron chi connectivity index (χ0n) is 17.5. The minimum absolute atomic E-state index is 0.00344. The topological polar surface area (TPSA) is 95.1 Å². The number of amides is 1. The molecule has 0 aliphatic heterocycles. The number of hydrogen-bond donors (Lipinski definition) is 2. The van der Waals surface area contributed by atoms with E-state index >= 15 is 0 Å². The standard InChI is InChI=1S/C21H26N2O6S/c1-5-29-21(25)18-13-7-6-8-16(13)30-20(18)23-17(24)11-22-12-9-14(26-2)19(28-4)15(10-12)27-3/h9-10,22H,5-8,11H2,1-4H3,(H,23,24). The first kappa shape index (κ1) is 21.8. The van der Waals surface area contributed by atoms with E-state index in [4.69, 9.17) is 18.9 Å². The van der Waals surface area contributed by atoms with Crippen LogP contribution in [0.4, 0.5) is 10.7 Å². The molecule has 1 aromatic carbocycles. The number of benzene rings is 1. The Morgan fingerprint density at radius 3 is 2.37 bits per heavy atom. The van der Waals surface area contributed by atoms with Gasteiger partial charge in [-0.3, -0.25) is 4.79 Å². The summed E-state index contributed by atoms with van der Waals surface area (Å²) >= 11 is 1.45. The van der Waals surface area contributed by atoms with Gasteiger partial charge >= 0.3 is 5.97 Å². The second kappa shape index (κ2) is 9.71. The predicted octanol–water partition coefficient (Wildman–Crippen LogP) is 3.49. The number of nitrogens with one attached hydrogen (secondary N) is 2. The van der Waals surface area contributed by atoms with Gasteiger partial charge in [-0.1, -0.05) is 0 Å². The lowest BCUT2D eigenvalue weighted by atomic mass is 10.1. The molecular weight excluding hydrogens is 408 g/mol. The first-order valence-corrected chi connectivity index (χ1v) is 10.5. The summed E-state index contributed by atoms with van der Waals surface area (Å²) in [5.74, 6) is 0.791. The largest absolute Gasteiger partial charge is 0.493 e. The molecule has 1 heterocycles. The fourth-order valence-corrected chi connectivity index (χ4v) is 4.74. The minimum Gasteiger partial charge on any atom is -0.493 e. The van der Waals surface area contributed by atoms with Crippen molar-refractivity contribution < 1.29 is 28.5 Å². The van der Waals surface area contributed by atoms with E-state index in [0.717, 1.165) is 29.7 Å². The molecule has 0 fully saturated rings. The van der Waals surface area contributed by atoms with E-state index < -0.39 is 0 Å². The molecule has 1 amide bonds. The van der Waals surface area contributed by atoms with E-state index in [0.29, 0.717) is 40.1 Å². The zero-order chi connectivity index (χ0) is 21.7. The van der Waals surface area contributed by atoms with E-state index in [1.807, 2.05) is 0 Å². The lowest BCUT2D eigenvalue weighted by Crippen LogP contribution is -2.22. The first-order valence-electron chi connectivity index (χ1n) is 9.67. The molecule has 1 aromatic heterocycles. The van der Waals surface area contributed by atoms with Crippen molar-refractivity contribution >= 4 is 33.9 Å². The predicted molar refractivity (Wildman–Crippen MR) is 116 cm³/mol. The fraction of sp³-hybridized carbons (Fsp3) is 0.429. The van der Waals surface area contributed by atoms with Gasteiger partial charge in [0, 0.05) is 22.7 Å². The third kappa shape index (κ3) is 4.46. The van der Waals surface area contributed by atoms with E-state index in [9.17, 15) is 9.59 Å². The Balaban J connectivity index is 1.72. The maximum absolute atomic E-state index is 12.6. The summed E-state index contributed by atoms with van der Waals surface area (Å²) in [5.41, 5.74) is 2.14. The van der Waals surface area contributed by atoms with Crippen LogP contribution in [0.15, 0.2) is 12.1 Å². The number of methoxy groups -OCH3 is 3. The number of esters is 1. The summed E-state index contributed by atoms with van der Waals surface area (Å²) in [4.78, 5) is 26.1. The maximum atomic E-state index is 12.6. The lowest BCUT2D eigenvalue weighted by molar-refractivity contribution is -0.114. The Morgan fingerprint density at radius 1 is 1.07 bits per heavy atom. The molecule has 8 nitrogen and oxygen atoms in total. The molecule has 0 unspecified atom stereocenters. The van der Waals surface area contributed by atoms with Gasteiger partial charge < -0.3 is 29.6 Å². The van der Waals surface area contributed by atoms with Crippen molar-refractivity contribution in [2.24, 2.45) is 0 Å². The van der Waals surface area contributed by atoms with E-state index in [2.05, 4.69) is 10.6 Å². The summed E-state index contributed by atoms with van der Waals surface area (Å²) in [6.07, 6.45) is 2.77. The Kier molecular flexibility index (Phi) is 7.04. The van der Waals surface area contributed by atoms with Crippen LogP contribution >= 0.6 is 11.3 Å². The molecule has 2 aromatic rings. The van der Waals surface area contributed by atoms with Crippen molar-refractivity contribution in [2.75, 3.05) is 45.1 Å². The molecule has 1 aliphatic rings. The van der Waals surface area contributed by atoms with Gasteiger partial charge in [-0.25, -0.2) is 4.79 Å². The Labute approximate surface area is 179 Å². The summed E-state index contributed by atoms with van der Waals surface area (Å²) in [6, 6.07) is 3.44. The highest BCUT2D eigenvalue weighted by Crippen LogP contribution is 2.41. The molecule has 9 heteroatoms. The monoisotopic (exact) mass is 434 g/mol. The van der Waals surface area contributed by atoms with Gasteiger partial charge in [0.25, 0.3) is 0 Å². The molecule has 0 radical (unpaired) electrons. The molecule has 2 N–H and O–H groups in total. The summed E-state index contributed by atoms with van der Waals surface area (Å²) in [7, 11) is 4.59. The van der Waals surface area contributed by atoms with Crippen LogP contribution in [-0.2, 0) is 22.4 Å². The van der Waals surface area contributed by atoms with Crippen molar-refractivity contribution in [1.82, 2.24) is 0 Å². The molecule has 0 saturated heterocycles. The number of rotatable bonds is 9. The summed E-state index contributed by atoms with van der Waals surface area (Å²) < 4.78 is 21.2. The van der Waals surface area contributed by atoms with Gasteiger partial charge in [-0.2, -0.15) is 0 Å². The van der Waals surface area contributed by atoms with Crippen molar-refractivity contribution in [3.8, 4) is 17.2 Å². The van der Waals surface area contributed by atoms with Crippen molar-refractivity contribution in [1.29, 1.82) is 0 Å². The van der Waals surface area contributed by atoms with Crippen molar-refractivity contribution in [3.63, 3.8) is 0 Å². The zero-order valence-corrected chi connectivity index (χ0v) is 18.4. The number of hydrogen-bond acceptors (Lipinski definition) is 8. The number of aryl methyl sites for hydroxylation is 1. The van der Waals surface area contributed by atoms with Crippen molar-refractivity contribution in [3.05, 3.63) is 28.1 Å². The fourth-order valence-electron chi connectivity index (χ4n) is 3.45. The Morgan fingerprint density at radius 2 is 1.77 bits per heavy atom. The number of ether oxygens (including phenoxy) is 4. The van der Waals surface area contributed by atoms with E-state index in [1.165, 1.54) is 32.7 Å². The molecule has 0 bridgehead atoms. The van der Waals surface area contributed by atoms with Gasteiger partial charge in [0.1, 0.15) is 5.00 Å².